The van der Waals surface area contributed by atoms with Crippen molar-refractivity contribution in [3.05, 3.63) is 34.9 Å². The Morgan fingerprint density at radius 1 is 1.45 bits per heavy atom. The van der Waals surface area contributed by atoms with Crippen molar-refractivity contribution in [2.75, 3.05) is 13.3 Å². The van der Waals surface area contributed by atoms with Gasteiger partial charge < -0.3 is 15.3 Å². The molecule has 3 N–H and O–H groups in total. The molecule has 0 aliphatic heterocycles. The van der Waals surface area contributed by atoms with Crippen molar-refractivity contribution in [2.45, 2.75) is 45.8 Å². The van der Waals surface area contributed by atoms with Gasteiger partial charge in [-0.3, -0.25) is 0 Å². The van der Waals surface area contributed by atoms with Gasteiger partial charge in [0.25, 0.3) is 0 Å². The molecule has 114 valence electrons. The molecule has 0 bridgehead atoms. The molecule has 0 saturated carbocycles. The minimum atomic E-state index is -1.31. The van der Waals surface area contributed by atoms with E-state index < -0.39 is 23.8 Å². The van der Waals surface area contributed by atoms with Crippen LogP contribution in [0.15, 0.2) is 34.9 Å². The maximum absolute atomic E-state index is 13.1. The summed E-state index contributed by atoms with van der Waals surface area (Å²) in [5.74, 6) is 0. The van der Waals surface area contributed by atoms with Gasteiger partial charge in [0, 0.05) is 5.41 Å². The van der Waals surface area contributed by atoms with Gasteiger partial charge in [0.15, 0.2) is 0 Å². The number of rotatable bonds is 4. The van der Waals surface area contributed by atoms with E-state index in [4.69, 9.17) is 5.11 Å². The van der Waals surface area contributed by atoms with E-state index in [2.05, 4.69) is 0 Å². The van der Waals surface area contributed by atoms with E-state index in [9.17, 15) is 14.6 Å². The van der Waals surface area contributed by atoms with Gasteiger partial charge in [-0.05, 0) is 37.5 Å². The standard InChI is InChI=1S/C16H25FO3/c1-11(6-8-18)5-7-16(20)12(2)13(10-17)14(19)9-15(16,3)4/h5-7,14,18-20H,8-10H2,1-4H3/b7-5+,11-6-. The number of alkyl halides is 1. The van der Waals surface area contributed by atoms with Gasteiger partial charge in [-0.15, -0.1) is 0 Å². The van der Waals surface area contributed by atoms with Crippen LogP contribution in [0, 0.1) is 5.41 Å². The third-order valence-electron chi connectivity index (χ3n) is 4.34. The molecule has 0 spiro atoms. The van der Waals surface area contributed by atoms with E-state index in [-0.39, 0.29) is 12.2 Å². The normalized spacial score (nSPS) is 31.2. The topological polar surface area (TPSA) is 60.7 Å². The summed E-state index contributed by atoms with van der Waals surface area (Å²) < 4.78 is 13.1. The zero-order valence-corrected chi connectivity index (χ0v) is 12.7. The quantitative estimate of drug-likeness (QED) is 0.548. The second-order valence-electron chi connectivity index (χ2n) is 6.12. The van der Waals surface area contributed by atoms with Gasteiger partial charge >= 0.3 is 0 Å². The highest BCUT2D eigenvalue weighted by Gasteiger charge is 2.49. The van der Waals surface area contributed by atoms with Gasteiger partial charge in [0.2, 0.25) is 0 Å². The Morgan fingerprint density at radius 2 is 2.05 bits per heavy atom. The Morgan fingerprint density at radius 3 is 2.55 bits per heavy atom. The Balaban J connectivity index is 3.28. The molecular weight excluding hydrogens is 259 g/mol. The highest BCUT2D eigenvalue weighted by atomic mass is 19.1. The molecule has 0 aromatic rings. The first kappa shape index (κ1) is 17.1. The van der Waals surface area contributed by atoms with Crippen LogP contribution >= 0.6 is 0 Å². The molecule has 0 amide bonds. The van der Waals surface area contributed by atoms with Gasteiger partial charge in [-0.1, -0.05) is 31.6 Å². The number of allylic oxidation sites excluding steroid dienone is 2. The maximum Gasteiger partial charge on any atom is 0.113 e. The molecule has 0 saturated heterocycles. The van der Waals surface area contributed by atoms with Crippen molar-refractivity contribution < 1.29 is 19.7 Å². The molecule has 0 aromatic heterocycles. The number of aliphatic hydroxyl groups excluding tert-OH is 2. The lowest BCUT2D eigenvalue weighted by molar-refractivity contribution is -0.0351. The number of halogens is 1. The van der Waals surface area contributed by atoms with Gasteiger partial charge in [0.05, 0.1) is 12.7 Å². The Labute approximate surface area is 120 Å². The average molecular weight is 284 g/mol. The van der Waals surface area contributed by atoms with Crippen molar-refractivity contribution in [1.82, 2.24) is 0 Å². The number of hydrogen-bond donors (Lipinski definition) is 3. The minimum Gasteiger partial charge on any atom is -0.392 e. The molecule has 1 aliphatic carbocycles. The summed E-state index contributed by atoms with van der Waals surface area (Å²) in [5.41, 5.74) is -0.363. The molecule has 0 aromatic carbocycles. The van der Waals surface area contributed by atoms with Crippen LogP contribution in [-0.2, 0) is 0 Å². The van der Waals surface area contributed by atoms with Crippen LogP contribution in [0.25, 0.3) is 0 Å². The predicted octanol–water partition coefficient (Wildman–Crippen LogP) is 2.29. The monoisotopic (exact) mass is 284 g/mol. The van der Waals surface area contributed by atoms with Crippen LogP contribution in [-0.4, -0.2) is 40.3 Å². The van der Waals surface area contributed by atoms with Gasteiger partial charge in [0.1, 0.15) is 12.3 Å². The van der Waals surface area contributed by atoms with Crippen LogP contribution in [0.5, 0.6) is 0 Å². The van der Waals surface area contributed by atoms with E-state index in [0.29, 0.717) is 12.0 Å². The van der Waals surface area contributed by atoms with Crippen molar-refractivity contribution in [2.24, 2.45) is 5.41 Å². The summed E-state index contributed by atoms with van der Waals surface area (Å²) in [6, 6.07) is 0. The number of hydrogen-bond acceptors (Lipinski definition) is 3. The fraction of sp³-hybridized carbons (Fsp3) is 0.625. The summed E-state index contributed by atoms with van der Waals surface area (Å²) in [5, 5.41) is 29.8. The van der Waals surface area contributed by atoms with E-state index in [0.717, 1.165) is 5.57 Å². The van der Waals surface area contributed by atoms with E-state index >= 15 is 0 Å². The average Bonchev–Trinajstić information content (AvgIpc) is 2.34. The summed E-state index contributed by atoms with van der Waals surface area (Å²) >= 11 is 0. The molecule has 2 atom stereocenters. The Bertz CT molecular complexity index is 449. The van der Waals surface area contributed by atoms with Gasteiger partial charge in [-0.2, -0.15) is 0 Å². The molecule has 20 heavy (non-hydrogen) atoms. The number of aliphatic hydroxyl groups is 3. The third kappa shape index (κ3) is 3.03. The van der Waals surface area contributed by atoms with Crippen molar-refractivity contribution in [1.29, 1.82) is 0 Å². The maximum atomic E-state index is 13.1. The van der Waals surface area contributed by atoms with Crippen LogP contribution in [0.1, 0.15) is 34.1 Å². The van der Waals surface area contributed by atoms with E-state index in [1.807, 2.05) is 20.8 Å². The van der Waals surface area contributed by atoms with Crippen LogP contribution in [0.2, 0.25) is 0 Å². The molecule has 4 heteroatoms. The molecule has 1 aliphatic rings. The van der Waals surface area contributed by atoms with Crippen LogP contribution in [0.3, 0.4) is 0 Å². The molecule has 3 nitrogen and oxygen atoms in total. The highest BCUT2D eigenvalue weighted by Crippen LogP contribution is 2.47. The van der Waals surface area contributed by atoms with Gasteiger partial charge in [-0.25, -0.2) is 4.39 Å². The third-order valence-corrected chi connectivity index (χ3v) is 4.34. The molecule has 0 heterocycles. The SMILES string of the molecule is CC1=C(CF)C(O)CC(C)(C)C1(O)/C=C/C(C)=C\CO. The smallest absolute Gasteiger partial charge is 0.113 e. The lowest BCUT2D eigenvalue weighted by atomic mass is 9.62. The molecule has 0 fully saturated rings. The first-order valence-corrected chi connectivity index (χ1v) is 6.83. The minimum absolute atomic E-state index is 0.0682. The summed E-state index contributed by atoms with van der Waals surface area (Å²) in [7, 11) is 0. The lowest BCUT2D eigenvalue weighted by Crippen LogP contribution is -2.50. The summed E-state index contributed by atoms with van der Waals surface area (Å²) in [6.07, 6.45) is 4.42. The van der Waals surface area contributed by atoms with Crippen molar-refractivity contribution in [3.8, 4) is 0 Å². The Hall–Kier alpha value is -0.970. The summed E-state index contributed by atoms with van der Waals surface area (Å²) in [4.78, 5) is 0. The van der Waals surface area contributed by atoms with E-state index in [1.165, 1.54) is 0 Å². The second-order valence-corrected chi connectivity index (χ2v) is 6.12. The zero-order valence-electron chi connectivity index (χ0n) is 12.7. The van der Waals surface area contributed by atoms with E-state index in [1.54, 1.807) is 25.2 Å². The molecule has 2 unspecified atom stereocenters. The fourth-order valence-corrected chi connectivity index (χ4v) is 2.77. The highest BCUT2D eigenvalue weighted by molar-refractivity contribution is 5.39. The van der Waals surface area contributed by atoms with Crippen molar-refractivity contribution in [3.63, 3.8) is 0 Å². The predicted molar refractivity (Wildman–Crippen MR) is 78.0 cm³/mol. The first-order chi connectivity index (χ1) is 9.19. The molecule has 0 radical (unpaired) electrons. The van der Waals surface area contributed by atoms with Crippen LogP contribution in [0.4, 0.5) is 4.39 Å². The first-order valence-electron chi connectivity index (χ1n) is 6.83. The summed E-state index contributed by atoms with van der Waals surface area (Å²) in [6.45, 7) is 6.35. The zero-order chi connectivity index (χ0) is 15.6. The molecule has 1 rings (SSSR count). The van der Waals surface area contributed by atoms with Crippen LogP contribution < -0.4 is 0 Å². The van der Waals surface area contributed by atoms with Crippen molar-refractivity contribution >= 4 is 0 Å². The fourth-order valence-electron chi connectivity index (χ4n) is 2.77. The molecular formula is C16H25FO3. The largest absolute Gasteiger partial charge is 0.392 e. The second kappa shape index (κ2) is 6.20. The lowest BCUT2D eigenvalue weighted by Gasteiger charge is -2.48. The Kier molecular flexibility index (Phi) is 5.30.